The van der Waals surface area contributed by atoms with Gasteiger partial charge in [-0.3, -0.25) is 9.78 Å². The van der Waals surface area contributed by atoms with Gasteiger partial charge in [-0.1, -0.05) is 6.92 Å². The number of rotatable bonds is 5. The fraction of sp³-hybridized carbons (Fsp3) is 0.333. The van der Waals surface area contributed by atoms with Gasteiger partial charge in [0.2, 0.25) is 0 Å². The molecule has 2 aromatic heterocycles. The van der Waals surface area contributed by atoms with Gasteiger partial charge in [0.25, 0.3) is 0 Å². The van der Waals surface area contributed by atoms with E-state index in [0.717, 1.165) is 33.2 Å². The van der Waals surface area contributed by atoms with Crippen molar-refractivity contribution in [3.05, 3.63) is 36.2 Å². The highest BCUT2D eigenvalue weighted by molar-refractivity contribution is 6.09. The summed E-state index contributed by atoms with van der Waals surface area (Å²) in [4.78, 5) is 15.5. The smallest absolute Gasteiger partial charge is 0.306 e. The van der Waals surface area contributed by atoms with E-state index < -0.39 is 5.97 Å². The average Bonchev–Trinajstić information content (AvgIpc) is 2.86. The number of methoxy groups -OCH3 is 1. The highest BCUT2D eigenvalue weighted by Gasteiger charge is 2.16. The molecule has 0 amide bonds. The van der Waals surface area contributed by atoms with Crippen LogP contribution < -0.4 is 4.74 Å². The Balaban J connectivity index is 2.20. The number of benzene rings is 1. The Morgan fingerprint density at radius 3 is 2.83 bits per heavy atom. The van der Waals surface area contributed by atoms with Crippen molar-refractivity contribution in [2.24, 2.45) is 5.92 Å². The Morgan fingerprint density at radius 2 is 2.13 bits per heavy atom. The molecule has 120 valence electrons. The van der Waals surface area contributed by atoms with Gasteiger partial charge in [0, 0.05) is 29.6 Å². The molecule has 0 saturated carbocycles. The minimum atomic E-state index is -0.766. The highest BCUT2D eigenvalue weighted by Crippen LogP contribution is 2.33. The summed E-state index contributed by atoms with van der Waals surface area (Å²) in [6, 6.07) is 8.00. The van der Waals surface area contributed by atoms with Crippen LogP contribution in [-0.4, -0.2) is 27.7 Å². The summed E-state index contributed by atoms with van der Waals surface area (Å²) in [6.07, 6.45) is 2.38. The molecular formula is C18H20N2O3. The minimum absolute atomic E-state index is 0.384. The number of carbonyl (C=O) groups is 1. The molecule has 3 rings (SSSR count). The maximum absolute atomic E-state index is 11.1. The molecule has 1 atom stereocenters. The number of nitrogens with zero attached hydrogens (tertiary/aromatic N) is 2. The van der Waals surface area contributed by atoms with Crippen molar-refractivity contribution in [2.75, 3.05) is 7.11 Å². The maximum Gasteiger partial charge on any atom is 0.306 e. The van der Waals surface area contributed by atoms with Gasteiger partial charge in [0.05, 0.1) is 29.8 Å². The number of fused-ring (bicyclic) bond motifs is 3. The van der Waals surface area contributed by atoms with Crippen molar-refractivity contribution in [2.45, 2.75) is 26.8 Å². The van der Waals surface area contributed by atoms with Crippen LogP contribution in [0.2, 0.25) is 0 Å². The lowest BCUT2D eigenvalue weighted by Crippen LogP contribution is -2.12. The molecule has 0 saturated heterocycles. The summed E-state index contributed by atoms with van der Waals surface area (Å²) in [5, 5.41) is 11.4. The molecule has 0 spiro atoms. The van der Waals surface area contributed by atoms with Crippen LogP contribution in [-0.2, 0) is 11.3 Å². The van der Waals surface area contributed by atoms with Crippen LogP contribution in [0.25, 0.3) is 21.8 Å². The van der Waals surface area contributed by atoms with Crippen molar-refractivity contribution in [3.8, 4) is 5.75 Å². The average molecular weight is 312 g/mol. The molecule has 0 fully saturated rings. The van der Waals surface area contributed by atoms with E-state index in [2.05, 4.69) is 9.55 Å². The van der Waals surface area contributed by atoms with Gasteiger partial charge in [0.15, 0.2) is 0 Å². The Kier molecular flexibility index (Phi) is 3.94. The summed E-state index contributed by atoms with van der Waals surface area (Å²) in [5.74, 6) is -0.360. The first-order valence-corrected chi connectivity index (χ1v) is 7.67. The quantitative estimate of drug-likeness (QED) is 0.781. The van der Waals surface area contributed by atoms with Crippen molar-refractivity contribution in [3.63, 3.8) is 0 Å². The lowest BCUT2D eigenvalue weighted by atomic mass is 10.1. The van der Waals surface area contributed by atoms with Gasteiger partial charge in [0.1, 0.15) is 5.75 Å². The number of carboxylic acids is 1. The molecule has 5 heteroatoms. The van der Waals surface area contributed by atoms with Crippen molar-refractivity contribution < 1.29 is 14.6 Å². The fourth-order valence-corrected chi connectivity index (χ4v) is 3.01. The van der Waals surface area contributed by atoms with E-state index in [4.69, 9.17) is 9.84 Å². The molecular weight excluding hydrogens is 292 g/mol. The Bertz CT molecular complexity index is 883. The van der Waals surface area contributed by atoms with E-state index in [-0.39, 0.29) is 5.92 Å². The van der Waals surface area contributed by atoms with Crippen LogP contribution in [0.3, 0.4) is 0 Å². The fourth-order valence-electron chi connectivity index (χ4n) is 3.01. The molecule has 2 heterocycles. The van der Waals surface area contributed by atoms with Gasteiger partial charge in [-0.05, 0) is 31.5 Å². The predicted molar refractivity (Wildman–Crippen MR) is 89.9 cm³/mol. The Hall–Kier alpha value is -2.56. The van der Waals surface area contributed by atoms with Crippen LogP contribution in [0.4, 0.5) is 0 Å². The molecule has 0 aliphatic rings. The number of pyridine rings is 1. The normalized spacial score (nSPS) is 12.7. The van der Waals surface area contributed by atoms with Gasteiger partial charge in [-0.15, -0.1) is 0 Å². The van der Waals surface area contributed by atoms with Gasteiger partial charge >= 0.3 is 5.97 Å². The van der Waals surface area contributed by atoms with Crippen LogP contribution in [0.15, 0.2) is 30.5 Å². The molecule has 23 heavy (non-hydrogen) atoms. The highest BCUT2D eigenvalue weighted by atomic mass is 16.5. The third-order valence-corrected chi connectivity index (χ3v) is 4.37. The first kappa shape index (κ1) is 15.3. The summed E-state index contributed by atoms with van der Waals surface area (Å²) in [7, 11) is 1.65. The number of carboxylic acid groups (broad SMARTS) is 1. The Morgan fingerprint density at radius 1 is 1.35 bits per heavy atom. The lowest BCUT2D eigenvalue weighted by Gasteiger charge is -2.11. The molecule has 3 aromatic rings. The molecule has 0 radical (unpaired) electrons. The monoisotopic (exact) mass is 312 g/mol. The molecule has 0 bridgehead atoms. The van der Waals surface area contributed by atoms with Crippen LogP contribution in [0.5, 0.6) is 5.75 Å². The number of aryl methyl sites for hydroxylation is 2. The van der Waals surface area contributed by atoms with E-state index in [1.807, 2.05) is 37.4 Å². The third kappa shape index (κ3) is 2.63. The SMILES string of the molecule is COc1ccc2c3ccnc(C)c3n(CCC(C)C(=O)O)c2c1. The number of hydrogen-bond acceptors (Lipinski definition) is 3. The zero-order valence-electron chi connectivity index (χ0n) is 13.5. The molecule has 0 aliphatic carbocycles. The van der Waals surface area contributed by atoms with Gasteiger partial charge < -0.3 is 14.4 Å². The second-order valence-corrected chi connectivity index (χ2v) is 5.86. The number of ether oxygens (including phenoxy) is 1. The summed E-state index contributed by atoms with van der Waals surface area (Å²) < 4.78 is 7.51. The topological polar surface area (TPSA) is 64.4 Å². The summed E-state index contributed by atoms with van der Waals surface area (Å²) in [6.45, 7) is 4.35. The summed E-state index contributed by atoms with van der Waals surface area (Å²) in [5.41, 5.74) is 3.06. The second-order valence-electron chi connectivity index (χ2n) is 5.86. The van der Waals surface area contributed by atoms with Crippen molar-refractivity contribution >= 4 is 27.8 Å². The number of hydrogen-bond donors (Lipinski definition) is 1. The first-order chi connectivity index (χ1) is 11.0. The van der Waals surface area contributed by atoms with Crippen LogP contribution >= 0.6 is 0 Å². The van der Waals surface area contributed by atoms with Gasteiger partial charge in [-0.2, -0.15) is 0 Å². The third-order valence-electron chi connectivity index (χ3n) is 4.37. The standard InChI is InChI=1S/C18H20N2O3/c1-11(18(21)22)7-9-20-16-10-13(23-3)4-5-14(16)15-6-8-19-12(2)17(15)20/h4-6,8,10-11H,7,9H2,1-3H3,(H,21,22). The largest absolute Gasteiger partial charge is 0.497 e. The van der Waals surface area contributed by atoms with Crippen molar-refractivity contribution in [1.29, 1.82) is 0 Å². The predicted octanol–water partition coefficient (Wildman–Crippen LogP) is 3.62. The zero-order valence-corrected chi connectivity index (χ0v) is 13.5. The molecule has 1 unspecified atom stereocenters. The van der Waals surface area contributed by atoms with Crippen LogP contribution in [0.1, 0.15) is 19.0 Å². The Labute approximate surface area is 134 Å². The van der Waals surface area contributed by atoms with Crippen LogP contribution in [0, 0.1) is 12.8 Å². The van der Waals surface area contributed by atoms with E-state index in [9.17, 15) is 4.79 Å². The van der Waals surface area contributed by atoms with E-state index in [1.165, 1.54) is 0 Å². The molecule has 1 N–H and O–H groups in total. The van der Waals surface area contributed by atoms with Gasteiger partial charge in [-0.25, -0.2) is 0 Å². The van der Waals surface area contributed by atoms with E-state index in [0.29, 0.717) is 13.0 Å². The molecule has 1 aromatic carbocycles. The second kappa shape index (κ2) is 5.91. The minimum Gasteiger partial charge on any atom is -0.497 e. The van der Waals surface area contributed by atoms with E-state index in [1.54, 1.807) is 14.0 Å². The molecule has 0 aliphatic heterocycles. The molecule has 5 nitrogen and oxygen atoms in total. The maximum atomic E-state index is 11.1. The zero-order chi connectivity index (χ0) is 16.6. The lowest BCUT2D eigenvalue weighted by molar-refractivity contribution is -0.141. The summed E-state index contributed by atoms with van der Waals surface area (Å²) >= 11 is 0. The number of aromatic nitrogens is 2. The van der Waals surface area contributed by atoms with E-state index >= 15 is 0 Å². The van der Waals surface area contributed by atoms with Crippen molar-refractivity contribution in [1.82, 2.24) is 9.55 Å². The first-order valence-electron chi connectivity index (χ1n) is 7.67. The number of aliphatic carboxylic acids is 1.